The zero-order valence-corrected chi connectivity index (χ0v) is 20.4. The summed E-state index contributed by atoms with van der Waals surface area (Å²) in [5, 5.41) is 6.00. The predicted octanol–water partition coefficient (Wildman–Crippen LogP) is 4.10. The summed E-state index contributed by atoms with van der Waals surface area (Å²) in [7, 11) is -3.67. The molecule has 1 saturated carbocycles. The number of hydrogen-bond acceptors (Lipinski definition) is 4. The normalized spacial score (nSPS) is 20.0. The average molecular weight is 484 g/mol. The van der Waals surface area contributed by atoms with Gasteiger partial charge in [0.15, 0.2) is 0 Å². The summed E-state index contributed by atoms with van der Waals surface area (Å²) in [6.45, 7) is 2.42. The molecule has 0 radical (unpaired) electrons. The van der Waals surface area contributed by atoms with Gasteiger partial charge in [-0.2, -0.15) is 4.31 Å². The van der Waals surface area contributed by atoms with Crippen LogP contribution in [0.2, 0.25) is 0 Å². The average Bonchev–Trinajstić information content (AvgIpc) is 2.85. The van der Waals surface area contributed by atoms with Gasteiger partial charge in [0, 0.05) is 19.1 Å². The molecule has 1 saturated heterocycles. The smallest absolute Gasteiger partial charge is 0.253 e. The molecule has 4 rings (SSSR count). The zero-order chi connectivity index (χ0) is 24.1. The van der Waals surface area contributed by atoms with Crippen molar-refractivity contribution in [2.45, 2.75) is 62.8 Å². The van der Waals surface area contributed by atoms with Crippen LogP contribution in [0.1, 0.15) is 60.9 Å². The summed E-state index contributed by atoms with van der Waals surface area (Å²) in [5.41, 5.74) is 1.88. The molecule has 1 heterocycles. The predicted molar refractivity (Wildman–Crippen MR) is 132 cm³/mol. The van der Waals surface area contributed by atoms with Gasteiger partial charge in [0.05, 0.1) is 22.1 Å². The number of anilines is 1. The van der Waals surface area contributed by atoms with E-state index in [2.05, 4.69) is 10.6 Å². The van der Waals surface area contributed by atoms with Gasteiger partial charge in [-0.05, 0) is 56.9 Å². The third kappa shape index (κ3) is 5.67. The van der Waals surface area contributed by atoms with Crippen LogP contribution in [-0.4, -0.2) is 43.7 Å². The van der Waals surface area contributed by atoms with Crippen molar-refractivity contribution >= 4 is 27.5 Å². The van der Waals surface area contributed by atoms with E-state index >= 15 is 0 Å². The second-order valence-electron chi connectivity index (χ2n) is 9.36. The molecule has 2 fully saturated rings. The fourth-order valence-electron chi connectivity index (χ4n) is 4.77. The van der Waals surface area contributed by atoms with Gasteiger partial charge in [-0.1, -0.05) is 49.1 Å². The van der Waals surface area contributed by atoms with Crippen LogP contribution >= 0.6 is 0 Å². The van der Waals surface area contributed by atoms with E-state index < -0.39 is 15.9 Å². The van der Waals surface area contributed by atoms with Crippen molar-refractivity contribution < 1.29 is 18.0 Å². The number of amides is 2. The fourth-order valence-corrected chi connectivity index (χ4v) is 6.29. The second-order valence-corrected chi connectivity index (χ2v) is 11.3. The highest BCUT2D eigenvalue weighted by atomic mass is 32.2. The Morgan fingerprint density at radius 1 is 0.912 bits per heavy atom. The first-order valence-electron chi connectivity index (χ1n) is 12.1. The number of nitrogens with zero attached hydrogens (tertiary/aromatic N) is 1. The van der Waals surface area contributed by atoms with Gasteiger partial charge in [0.2, 0.25) is 15.9 Å². The molecule has 0 bridgehead atoms. The standard InChI is InChI=1S/C26H33N3O4S/c1-19-13-15-22(16-14-19)34(32,33)29-17-7-8-20(18-29)25(30)28-24-12-6-5-11-23(24)26(31)27-21-9-3-2-4-10-21/h5-6,11-16,20-21H,2-4,7-10,17-18H2,1H3,(H,27,31)(H,28,30)/t20-/m0/s1. The maximum atomic E-state index is 13.1. The molecule has 7 nitrogen and oxygen atoms in total. The quantitative estimate of drug-likeness (QED) is 0.647. The summed E-state index contributed by atoms with van der Waals surface area (Å²) in [6.07, 6.45) is 6.60. The Kier molecular flexibility index (Phi) is 7.68. The Morgan fingerprint density at radius 3 is 2.35 bits per heavy atom. The highest BCUT2D eigenvalue weighted by Crippen LogP contribution is 2.26. The fraction of sp³-hybridized carbons (Fsp3) is 0.462. The van der Waals surface area contributed by atoms with Crippen LogP contribution < -0.4 is 10.6 Å². The number of para-hydroxylation sites is 1. The van der Waals surface area contributed by atoms with Crippen LogP contribution in [-0.2, 0) is 14.8 Å². The number of nitrogens with one attached hydrogen (secondary N) is 2. The molecule has 0 aromatic heterocycles. The molecule has 34 heavy (non-hydrogen) atoms. The minimum absolute atomic E-state index is 0.123. The first-order valence-corrected chi connectivity index (χ1v) is 13.6. The maximum Gasteiger partial charge on any atom is 0.253 e. The summed E-state index contributed by atoms with van der Waals surface area (Å²) < 4.78 is 27.6. The van der Waals surface area contributed by atoms with E-state index in [1.807, 2.05) is 6.92 Å². The lowest BCUT2D eigenvalue weighted by atomic mass is 9.95. The third-order valence-corrected chi connectivity index (χ3v) is 8.66. The van der Waals surface area contributed by atoms with Gasteiger partial charge in [-0.3, -0.25) is 9.59 Å². The highest BCUT2D eigenvalue weighted by Gasteiger charge is 2.33. The molecule has 2 aromatic carbocycles. The van der Waals surface area contributed by atoms with Crippen LogP contribution in [0.4, 0.5) is 5.69 Å². The lowest BCUT2D eigenvalue weighted by Gasteiger charge is -2.31. The van der Waals surface area contributed by atoms with Gasteiger partial charge in [0.25, 0.3) is 5.91 Å². The summed E-state index contributed by atoms with van der Waals surface area (Å²) in [5.74, 6) is -0.930. The van der Waals surface area contributed by atoms with Crippen molar-refractivity contribution in [1.29, 1.82) is 0 Å². The van der Waals surface area contributed by atoms with E-state index in [1.54, 1.807) is 48.5 Å². The summed E-state index contributed by atoms with van der Waals surface area (Å²) >= 11 is 0. The molecule has 1 aliphatic heterocycles. The molecule has 1 aliphatic carbocycles. The maximum absolute atomic E-state index is 13.1. The monoisotopic (exact) mass is 483 g/mol. The van der Waals surface area contributed by atoms with Gasteiger partial charge >= 0.3 is 0 Å². The van der Waals surface area contributed by atoms with Crippen molar-refractivity contribution in [1.82, 2.24) is 9.62 Å². The van der Waals surface area contributed by atoms with E-state index in [1.165, 1.54) is 10.7 Å². The molecule has 2 aliphatic rings. The summed E-state index contributed by atoms with van der Waals surface area (Å²) in [6, 6.07) is 13.9. The number of carbonyl (C=O) groups excluding carboxylic acids is 2. The Balaban J connectivity index is 1.43. The minimum Gasteiger partial charge on any atom is -0.349 e. The van der Waals surface area contributed by atoms with E-state index in [0.717, 1.165) is 31.2 Å². The molecule has 2 N–H and O–H groups in total. The number of hydrogen-bond donors (Lipinski definition) is 2. The minimum atomic E-state index is -3.67. The van der Waals surface area contributed by atoms with Crippen molar-refractivity contribution in [2.24, 2.45) is 5.92 Å². The lowest BCUT2D eigenvalue weighted by molar-refractivity contribution is -0.120. The Bertz CT molecular complexity index is 1120. The van der Waals surface area contributed by atoms with E-state index in [9.17, 15) is 18.0 Å². The number of rotatable bonds is 6. The van der Waals surface area contributed by atoms with Gasteiger partial charge in [-0.25, -0.2) is 8.42 Å². The van der Waals surface area contributed by atoms with E-state index in [4.69, 9.17) is 0 Å². The Labute approximate surface area is 202 Å². The number of sulfonamides is 1. The molecule has 8 heteroatoms. The van der Waals surface area contributed by atoms with Crippen LogP contribution in [0.5, 0.6) is 0 Å². The molecular weight excluding hydrogens is 450 g/mol. The molecule has 0 unspecified atom stereocenters. The van der Waals surface area contributed by atoms with E-state index in [-0.39, 0.29) is 29.3 Å². The third-order valence-electron chi connectivity index (χ3n) is 6.78. The largest absolute Gasteiger partial charge is 0.349 e. The van der Waals surface area contributed by atoms with Crippen LogP contribution in [0.3, 0.4) is 0 Å². The van der Waals surface area contributed by atoms with Crippen LogP contribution in [0, 0.1) is 12.8 Å². The zero-order valence-electron chi connectivity index (χ0n) is 19.6. The molecule has 182 valence electrons. The molecule has 2 aromatic rings. The van der Waals surface area contributed by atoms with E-state index in [0.29, 0.717) is 30.6 Å². The first-order chi connectivity index (χ1) is 16.3. The Hall–Kier alpha value is -2.71. The highest BCUT2D eigenvalue weighted by molar-refractivity contribution is 7.89. The summed E-state index contributed by atoms with van der Waals surface area (Å²) in [4.78, 5) is 26.3. The number of benzene rings is 2. The lowest BCUT2D eigenvalue weighted by Crippen LogP contribution is -2.43. The second kappa shape index (κ2) is 10.7. The van der Waals surface area contributed by atoms with Gasteiger partial charge < -0.3 is 10.6 Å². The van der Waals surface area contributed by atoms with Crippen molar-refractivity contribution in [3.8, 4) is 0 Å². The molecular formula is C26H33N3O4S. The molecule has 0 spiro atoms. The first kappa shape index (κ1) is 24.4. The number of aryl methyl sites for hydroxylation is 1. The van der Waals surface area contributed by atoms with Gasteiger partial charge in [-0.15, -0.1) is 0 Å². The topological polar surface area (TPSA) is 95.6 Å². The van der Waals surface area contributed by atoms with Crippen molar-refractivity contribution in [2.75, 3.05) is 18.4 Å². The number of carbonyl (C=O) groups is 2. The molecule has 2 amide bonds. The van der Waals surface area contributed by atoms with Gasteiger partial charge in [0.1, 0.15) is 0 Å². The van der Waals surface area contributed by atoms with Crippen LogP contribution in [0.25, 0.3) is 0 Å². The SMILES string of the molecule is Cc1ccc(S(=O)(=O)N2CCC[C@H](C(=O)Nc3ccccc3C(=O)NC3CCCCC3)C2)cc1. The van der Waals surface area contributed by atoms with Crippen molar-refractivity contribution in [3.63, 3.8) is 0 Å². The Morgan fingerprint density at radius 2 is 1.62 bits per heavy atom. The van der Waals surface area contributed by atoms with Crippen LogP contribution in [0.15, 0.2) is 53.4 Å². The molecule has 1 atom stereocenters. The van der Waals surface area contributed by atoms with Crippen molar-refractivity contribution in [3.05, 3.63) is 59.7 Å². The number of piperidine rings is 1.